The average molecular weight is 621 g/mol. The SMILES string of the molecule is CCCCCCCCCCCCCCCCCCCCOC(=O)c1ccccc1C(=O)OCCC(C)S(=O)(=O)[O-].[K+]. The molecule has 0 bridgehead atoms. The van der Waals surface area contributed by atoms with Crippen LogP contribution in [-0.2, 0) is 19.6 Å². The quantitative estimate of drug-likeness (QED) is 0.0626. The van der Waals surface area contributed by atoms with Crippen LogP contribution >= 0.6 is 0 Å². The Balaban J connectivity index is 0.0000160. The number of rotatable bonds is 25. The van der Waals surface area contributed by atoms with E-state index in [0.29, 0.717) is 6.61 Å². The first kappa shape index (κ1) is 40.7. The van der Waals surface area contributed by atoms with Gasteiger partial charge in [0, 0.05) is 5.25 Å². The van der Waals surface area contributed by atoms with Gasteiger partial charge in [-0.1, -0.05) is 128 Å². The maximum absolute atomic E-state index is 12.5. The molecule has 0 N–H and O–H groups in total. The van der Waals surface area contributed by atoms with Crippen LogP contribution in [0, 0.1) is 0 Å². The molecule has 0 fully saturated rings. The number of carbonyl (C=O) groups is 2. The van der Waals surface area contributed by atoms with Gasteiger partial charge in [-0.05, 0) is 31.9 Å². The molecule has 7 nitrogen and oxygen atoms in total. The van der Waals surface area contributed by atoms with E-state index < -0.39 is 27.3 Å². The molecule has 0 saturated carbocycles. The molecule has 0 saturated heterocycles. The minimum Gasteiger partial charge on any atom is -0.748 e. The van der Waals surface area contributed by atoms with Gasteiger partial charge in [-0.15, -0.1) is 0 Å². The summed E-state index contributed by atoms with van der Waals surface area (Å²) < 4.78 is 43.4. The summed E-state index contributed by atoms with van der Waals surface area (Å²) in [5.74, 6) is -1.34. The van der Waals surface area contributed by atoms with Crippen LogP contribution in [0.1, 0.15) is 157 Å². The number of esters is 2. The van der Waals surface area contributed by atoms with Crippen molar-refractivity contribution in [2.45, 2.75) is 141 Å². The molecule has 1 unspecified atom stereocenters. The van der Waals surface area contributed by atoms with Crippen LogP contribution in [0.3, 0.4) is 0 Å². The summed E-state index contributed by atoms with van der Waals surface area (Å²) in [7, 11) is -4.43. The van der Waals surface area contributed by atoms with Crippen molar-refractivity contribution in [3.05, 3.63) is 35.4 Å². The van der Waals surface area contributed by atoms with Gasteiger partial charge in [0.15, 0.2) is 0 Å². The van der Waals surface area contributed by atoms with E-state index in [2.05, 4.69) is 6.92 Å². The Morgan fingerprint density at radius 2 is 1.00 bits per heavy atom. The van der Waals surface area contributed by atoms with Gasteiger partial charge in [0.2, 0.25) is 0 Å². The first-order valence-electron chi connectivity index (χ1n) is 15.6. The summed E-state index contributed by atoms with van der Waals surface area (Å²) in [6.45, 7) is 3.59. The van der Waals surface area contributed by atoms with Crippen molar-refractivity contribution < 1.29 is 83.4 Å². The molecular weight excluding hydrogens is 568 g/mol. The third-order valence-corrected chi connectivity index (χ3v) is 8.57. The van der Waals surface area contributed by atoms with Gasteiger partial charge in [0.25, 0.3) is 0 Å². The van der Waals surface area contributed by atoms with Crippen molar-refractivity contribution in [1.82, 2.24) is 0 Å². The van der Waals surface area contributed by atoms with Crippen LogP contribution in [0.15, 0.2) is 24.3 Å². The summed E-state index contributed by atoms with van der Waals surface area (Å²) in [6.07, 6.45) is 23.1. The van der Waals surface area contributed by atoms with Gasteiger partial charge in [-0.25, -0.2) is 18.0 Å². The summed E-state index contributed by atoms with van der Waals surface area (Å²) in [5.41, 5.74) is 0.169. The predicted octanol–water partition coefficient (Wildman–Crippen LogP) is 5.37. The number of carbonyl (C=O) groups excluding carboxylic acids is 2. The Bertz CT molecular complexity index is 920. The first-order chi connectivity index (χ1) is 19.3. The molecule has 0 radical (unpaired) electrons. The summed E-state index contributed by atoms with van der Waals surface area (Å²) >= 11 is 0. The van der Waals surface area contributed by atoms with E-state index in [1.54, 1.807) is 12.1 Å². The molecule has 1 rings (SSSR count). The fraction of sp³-hybridized carbons (Fsp3) is 0.750. The number of ether oxygens (including phenoxy) is 2. The number of hydrogen-bond donors (Lipinski definition) is 0. The zero-order valence-corrected chi connectivity index (χ0v) is 29.9. The Morgan fingerprint density at radius 3 is 1.37 bits per heavy atom. The zero-order chi connectivity index (χ0) is 29.5. The van der Waals surface area contributed by atoms with Crippen molar-refractivity contribution in [1.29, 1.82) is 0 Å². The van der Waals surface area contributed by atoms with E-state index in [1.165, 1.54) is 115 Å². The molecule has 1 atom stereocenters. The fourth-order valence-electron chi connectivity index (χ4n) is 4.63. The Kier molecular flexibility index (Phi) is 26.0. The molecule has 230 valence electrons. The molecule has 0 aromatic heterocycles. The van der Waals surface area contributed by atoms with Gasteiger partial charge < -0.3 is 14.0 Å². The number of hydrogen-bond acceptors (Lipinski definition) is 7. The molecule has 0 heterocycles. The smallest absolute Gasteiger partial charge is 0.748 e. The third kappa shape index (κ3) is 21.1. The van der Waals surface area contributed by atoms with Crippen molar-refractivity contribution in [2.24, 2.45) is 0 Å². The van der Waals surface area contributed by atoms with Crippen molar-refractivity contribution in [2.75, 3.05) is 13.2 Å². The van der Waals surface area contributed by atoms with Gasteiger partial charge >= 0.3 is 63.3 Å². The molecule has 0 amide bonds. The molecule has 1 aromatic rings. The van der Waals surface area contributed by atoms with Gasteiger partial charge in [-0.2, -0.15) is 0 Å². The van der Waals surface area contributed by atoms with Crippen LogP contribution in [0.5, 0.6) is 0 Å². The van der Waals surface area contributed by atoms with Crippen LogP contribution in [-0.4, -0.2) is 43.4 Å². The number of benzene rings is 1. The normalized spacial score (nSPS) is 12.0. The largest absolute Gasteiger partial charge is 1.00 e. The molecule has 0 aliphatic heterocycles. The van der Waals surface area contributed by atoms with Gasteiger partial charge in [0.1, 0.15) is 0 Å². The molecule has 0 aliphatic rings. The maximum atomic E-state index is 12.5. The minimum absolute atomic E-state index is 0. The van der Waals surface area contributed by atoms with E-state index in [4.69, 9.17) is 9.47 Å². The molecule has 9 heteroatoms. The average Bonchev–Trinajstić information content (AvgIpc) is 2.93. The van der Waals surface area contributed by atoms with Crippen molar-refractivity contribution in [3.63, 3.8) is 0 Å². The van der Waals surface area contributed by atoms with E-state index in [9.17, 15) is 22.6 Å². The molecule has 41 heavy (non-hydrogen) atoms. The second-order valence-electron chi connectivity index (χ2n) is 10.9. The third-order valence-electron chi connectivity index (χ3n) is 7.35. The predicted molar refractivity (Wildman–Crippen MR) is 160 cm³/mol. The van der Waals surface area contributed by atoms with E-state index in [-0.39, 0.29) is 75.5 Å². The van der Waals surface area contributed by atoms with Crippen LogP contribution in [0.25, 0.3) is 0 Å². The molecule has 1 aromatic carbocycles. The minimum atomic E-state index is -4.43. The Labute approximate surface area is 292 Å². The Morgan fingerprint density at radius 1 is 0.659 bits per heavy atom. The van der Waals surface area contributed by atoms with E-state index in [0.717, 1.165) is 19.3 Å². The van der Waals surface area contributed by atoms with Crippen molar-refractivity contribution in [3.8, 4) is 0 Å². The summed E-state index contributed by atoms with van der Waals surface area (Å²) in [5, 5.41) is -1.16. The van der Waals surface area contributed by atoms with E-state index in [1.807, 2.05) is 0 Å². The van der Waals surface area contributed by atoms with E-state index >= 15 is 0 Å². The van der Waals surface area contributed by atoms with Gasteiger partial charge in [0.05, 0.1) is 34.5 Å². The molecule has 0 aliphatic carbocycles. The summed E-state index contributed by atoms with van der Waals surface area (Å²) in [6, 6.07) is 6.20. The number of unbranched alkanes of at least 4 members (excludes halogenated alkanes) is 17. The summed E-state index contributed by atoms with van der Waals surface area (Å²) in [4.78, 5) is 24.9. The topological polar surface area (TPSA) is 110 Å². The second-order valence-corrected chi connectivity index (χ2v) is 12.7. The fourth-order valence-corrected chi connectivity index (χ4v) is 5.01. The molecule has 0 spiro atoms. The van der Waals surface area contributed by atoms with Crippen LogP contribution in [0.2, 0.25) is 0 Å². The molecular formula is C32H53KO7S. The van der Waals surface area contributed by atoms with Crippen LogP contribution < -0.4 is 51.4 Å². The monoisotopic (exact) mass is 620 g/mol. The van der Waals surface area contributed by atoms with Crippen molar-refractivity contribution >= 4 is 22.1 Å². The Hall–Kier alpha value is -0.294. The standard InChI is InChI=1S/C32H54O7S.K/c1-3-4-5-6-7-8-9-10-11-12-13-14-15-16-17-18-19-22-26-38-31(33)29-23-20-21-24-30(29)32(34)39-27-25-28(2)40(35,36)37;/h20-21,23-24,28H,3-19,22,25-27H2,1-2H3,(H,35,36,37);/q;+1/p-1. The zero-order valence-electron chi connectivity index (χ0n) is 26.0. The first-order valence-corrected chi connectivity index (χ1v) is 17.1. The maximum Gasteiger partial charge on any atom is 1.00 e. The van der Waals surface area contributed by atoms with Crippen LogP contribution in [0.4, 0.5) is 0 Å². The van der Waals surface area contributed by atoms with Gasteiger partial charge in [-0.3, -0.25) is 0 Å². The second kappa shape index (κ2) is 26.1.